The lowest BCUT2D eigenvalue weighted by Crippen LogP contribution is -2.27. The molecule has 0 bridgehead atoms. The standard InChI is InChI=1S/C37H70O4/c1-3-4-5-6-7-8-9-10-11-12-13-14-15-16-17-18-19-20-21-22-23-24-25-26-27-28-29-30-34(38)31-36-32-35(40-2)33-37(39)41-36/h33-34,36,38H,3-32H2,1-2H3. The van der Waals surface area contributed by atoms with Crippen LogP contribution in [0.2, 0.25) is 0 Å². The number of carbonyl (C=O) groups is 1. The summed E-state index contributed by atoms with van der Waals surface area (Å²) < 4.78 is 10.5. The largest absolute Gasteiger partial charge is 0.501 e. The summed E-state index contributed by atoms with van der Waals surface area (Å²) in [6, 6.07) is 0. The molecule has 0 aromatic heterocycles. The van der Waals surface area contributed by atoms with Gasteiger partial charge in [0, 0.05) is 12.8 Å². The van der Waals surface area contributed by atoms with Crippen LogP contribution >= 0.6 is 0 Å². The summed E-state index contributed by atoms with van der Waals surface area (Å²) >= 11 is 0. The minimum absolute atomic E-state index is 0.258. The first-order valence-electron chi connectivity index (χ1n) is 18.3. The quantitative estimate of drug-likeness (QED) is 0.0656. The van der Waals surface area contributed by atoms with E-state index < -0.39 is 6.10 Å². The molecule has 0 fully saturated rings. The van der Waals surface area contributed by atoms with Gasteiger partial charge in [0.1, 0.15) is 11.9 Å². The van der Waals surface area contributed by atoms with Crippen LogP contribution in [0, 0.1) is 0 Å². The van der Waals surface area contributed by atoms with Crippen molar-refractivity contribution in [3.8, 4) is 0 Å². The van der Waals surface area contributed by atoms with Gasteiger partial charge in [-0.05, 0) is 6.42 Å². The molecule has 0 aliphatic carbocycles. The van der Waals surface area contributed by atoms with Gasteiger partial charge in [0.25, 0.3) is 0 Å². The van der Waals surface area contributed by atoms with Crippen LogP contribution in [0.25, 0.3) is 0 Å². The van der Waals surface area contributed by atoms with E-state index in [2.05, 4.69) is 6.92 Å². The third-order valence-corrected chi connectivity index (χ3v) is 8.93. The zero-order chi connectivity index (χ0) is 29.6. The number of methoxy groups -OCH3 is 1. The Balaban J connectivity index is 1.71. The smallest absolute Gasteiger partial charge is 0.334 e. The van der Waals surface area contributed by atoms with Crippen molar-refractivity contribution in [1.82, 2.24) is 0 Å². The van der Waals surface area contributed by atoms with E-state index in [1.165, 1.54) is 173 Å². The fourth-order valence-electron chi connectivity index (χ4n) is 6.22. The van der Waals surface area contributed by atoms with Crippen LogP contribution in [0.15, 0.2) is 11.8 Å². The van der Waals surface area contributed by atoms with Crippen LogP contribution < -0.4 is 0 Å². The monoisotopic (exact) mass is 579 g/mol. The topological polar surface area (TPSA) is 55.8 Å². The summed E-state index contributed by atoms with van der Waals surface area (Å²) in [7, 11) is 1.57. The van der Waals surface area contributed by atoms with Crippen molar-refractivity contribution in [2.24, 2.45) is 0 Å². The number of unbranched alkanes of at least 4 members (excludes halogenated alkanes) is 26. The van der Waals surface area contributed by atoms with E-state index in [9.17, 15) is 9.90 Å². The van der Waals surface area contributed by atoms with Gasteiger partial charge in [-0.25, -0.2) is 4.79 Å². The highest BCUT2D eigenvalue weighted by Gasteiger charge is 2.24. The van der Waals surface area contributed by atoms with Crippen molar-refractivity contribution in [1.29, 1.82) is 0 Å². The molecule has 1 N–H and O–H groups in total. The maximum atomic E-state index is 11.6. The van der Waals surface area contributed by atoms with Crippen LogP contribution in [0.3, 0.4) is 0 Å². The molecule has 1 aliphatic rings. The first-order valence-corrected chi connectivity index (χ1v) is 18.3. The molecular weight excluding hydrogens is 508 g/mol. The normalized spacial score (nSPS) is 16.0. The number of hydrogen-bond acceptors (Lipinski definition) is 4. The van der Waals surface area contributed by atoms with Gasteiger partial charge >= 0.3 is 5.97 Å². The van der Waals surface area contributed by atoms with E-state index in [0.29, 0.717) is 18.6 Å². The lowest BCUT2D eigenvalue weighted by molar-refractivity contribution is -0.146. The highest BCUT2D eigenvalue weighted by atomic mass is 16.6. The average molecular weight is 579 g/mol. The van der Waals surface area contributed by atoms with Gasteiger partial charge < -0.3 is 14.6 Å². The number of carbonyl (C=O) groups excluding carboxylic acids is 1. The molecule has 0 saturated carbocycles. The van der Waals surface area contributed by atoms with E-state index in [0.717, 1.165) is 12.8 Å². The molecule has 1 rings (SSSR count). The molecule has 0 amide bonds. The Morgan fingerprint density at radius 3 is 1.34 bits per heavy atom. The minimum Gasteiger partial charge on any atom is -0.501 e. The average Bonchev–Trinajstić information content (AvgIpc) is 2.96. The van der Waals surface area contributed by atoms with Gasteiger partial charge in [0.15, 0.2) is 0 Å². The Labute approximate surface area is 255 Å². The Morgan fingerprint density at radius 2 is 1.00 bits per heavy atom. The molecule has 0 aromatic carbocycles. The molecule has 2 unspecified atom stereocenters. The molecule has 1 heterocycles. The number of aliphatic hydroxyl groups excluding tert-OH is 1. The zero-order valence-corrected chi connectivity index (χ0v) is 27.6. The summed E-state index contributed by atoms with van der Waals surface area (Å²) in [5.41, 5.74) is 0. The molecule has 1 aliphatic heterocycles. The number of hydrogen-bond donors (Lipinski definition) is 1. The molecule has 0 radical (unpaired) electrons. The van der Waals surface area contributed by atoms with Crippen LogP contribution in [-0.2, 0) is 14.3 Å². The van der Waals surface area contributed by atoms with Crippen molar-refractivity contribution in [2.45, 2.75) is 212 Å². The summed E-state index contributed by atoms with van der Waals surface area (Å²) in [5, 5.41) is 10.3. The molecule has 0 spiro atoms. The number of aliphatic hydroxyl groups is 1. The third kappa shape index (κ3) is 25.2. The molecule has 242 valence electrons. The Morgan fingerprint density at radius 1 is 0.659 bits per heavy atom. The van der Waals surface area contributed by atoms with E-state index in [1.54, 1.807) is 7.11 Å². The van der Waals surface area contributed by atoms with Crippen molar-refractivity contribution in [3.63, 3.8) is 0 Å². The second-order valence-corrected chi connectivity index (χ2v) is 12.9. The molecule has 4 heteroatoms. The first-order chi connectivity index (χ1) is 20.2. The van der Waals surface area contributed by atoms with Crippen LogP contribution in [0.4, 0.5) is 0 Å². The fourth-order valence-corrected chi connectivity index (χ4v) is 6.22. The van der Waals surface area contributed by atoms with Crippen molar-refractivity contribution >= 4 is 5.97 Å². The summed E-state index contributed by atoms with van der Waals surface area (Å²) in [6.07, 6.45) is 40.5. The van der Waals surface area contributed by atoms with Gasteiger partial charge in [0.2, 0.25) is 0 Å². The Bertz CT molecular complexity index is 602. The van der Waals surface area contributed by atoms with Crippen LogP contribution in [0.1, 0.15) is 200 Å². The summed E-state index contributed by atoms with van der Waals surface area (Å²) in [4.78, 5) is 11.6. The van der Waals surface area contributed by atoms with E-state index >= 15 is 0 Å². The third-order valence-electron chi connectivity index (χ3n) is 8.93. The SMILES string of the molecule is CCCCCCCCCCCCCCCCCCCCCCCCCCCCCC(O)CC1CC(OC)=CC(=O)O1. The molecule has 41 heavy (non-hydrogen) atoms. The highest BCUT2D eigenvalue weighted by molar-refractivity contribution is 5.83. The summed E-state index contributed by atoms with van der Waals surface area (Å²) in [5.74, 6) is 0.287. The van der Waals surface area contributed by atoms with Gasteiger partial charge in [-0.15, -0.1) is 0 Å². The Kier molecular flexibility index (Phi) is 26.9. The van der Waals surface area contributed by atoms with Gasteiger partial charge in [-0.3, -0.25) is 0 Å². The van der Waals surface area contributed by atoms with Crippen molar-refractivity contribution < 1.29 is 19.4 Å². The zero-order valence-electron chi connectivity index (χ0n) is 27.6. The van der Waals surface area contributed by atoms with Crippen molar-refractivity contribution in [3.05, 3.63) is 11.8 Å². The first kappa shape index (κ1) is 38.0. The predicted molar refractivity (Wildman–Crippen MR) is 175 cm³/mol. The molecule has 2 atom stereocenters. The van der Waals surface area contributed by atoms with Crippen LogP contribution in [-0.4, -0.2) is 30.4 Å². The lowest BCUT2D eigenvalue weighted by Gasteiger charge is -2.24. The fraction of sp³-hybridized carbons (Fsp3) is 0.919. The van der Waals surface area contributed by atoms with E-state index in [1.807, 2.05) is 0 Å². The maximum Gasteiger partial charge on any atom is 0.334 e. The lowest BCUT2D eigenvalue weighted by atomic mass is 10.00. The number of ether oxygens (including phenoxy) is 2. The molecule has 0 aromatic rings. The van der Waals surface area contributed by atoms with Crippen LogP contribution in [0.5, 0.6) is 0 Å². The van der Waals surface area contributed by atoms with E-state index in [4.69, 9.17) is 9.47 Å². The maximum absolute atomic E-state index is 11.6. The van der Waals surface area contributed by atoms with Gasteiger partial charge in [-0.2, -0.15) is 0 Å². The van der Waals surface area contributed by atoms with Crippen molar-refractivity contribution in [2.75, 3.05) is 7.11 Å². The Hall–Kier alpha value is -1.03. The van der Waals surface area contributed by atoms with E-state index in [-0.39, 0.29) is 12.1 Å². The summed E-state index contributed by atoms with van der Waals surface area (Å²) in [6.45, 7) is 2.30. The number of cyclic esters (lactones) is 1. The molecular formula is C37H70O4. The highest BCUT2D eigenvalue weighted by Crippen LogP contribution is 2.22. The number of rotatable bonds is 31. The molecule has 4 nitrogen and oxygen atoms in total. The second-order valence-electron chi connectivity index (χ2n) is 12.9. The number of esters is 1. The predicted octanol–water partition coefficient (Wildman–Crippen LogP) is 11.5. The molecule has 0 saturated heterocycles. The minimum atomic E-state index is -0.400. The van der Waals surface area contributed by atoms with Gasteiger partial charge in [0.05, 0.1) is 19.3 Å². The second kappa shape index (κ2) is 29.1. The van der Waals surface area contributed by atoms with Gasteiger partial charge in [-0.1, -0.05) is 180 Å².